The molecule has 2 amide bonds. The molecule has 6 nitrogen and oxygen atoms in total. The number of benzene rings is 1. The second kappa shape index (κ2) is 7.13. The van der Waals surface area contributed by atoms with E-state index in [-0.39, 0.29) is 30.4 Å². The number of piperazine rings is 1. The topological polar surface area (TPSA) is 59.1 Å². The summed E-state index contributed by atoms with van der Waals surface area (Å²) in [6, 6.07) is 9.92. The van der Waals surface area contributed by atoms with Crippen LogP contribution in [0.3, 0.4) is 0 Å². The third kappa shape index (κ3) is 3.35. The molecule has 3 heterocycles. The quantitative estimate of drug-likeness (QED) is 0.794. The van der Waals surface area contributed by atoms with Crippen molar-refractivity contribution in [2.24, 2.45) is 5.92 Å². The van der Waals surface area contributed by atoms with Crippen molar-refractivity contribution in [3.63, 3.8) is 0 Å². The Morgan fingerprint density at radius 3 is 2.61 bits per heavy atom. The van der Waals surface area contributed by atoms with E-state index in [0.717, 1.165) is 28.4 Å². The molecule has 1 aliphatic carbocycles. The summed E-state index contributed by atoms with van der Waals surface area (Å²) in [7, 11) is 0. The van der Waals surface area contributed by atoms with Crippen LogP contribution >= 0.6 is 11.3 Å². The third-order valence-corrected chi connectivity index (χ3v) is 6.66. The standard InChI is InChI=1S/C21H22N2O4S/c24-20(11-15-2-1-9-28-15)22-5-7-23(8-6-22)21(25)17-12-16(17)14-3-4-18-19(10-14)27-13-26-18/h1-4,9-10,16-17H,5-8,11-13H2/t16-,17-/m1/s1. The number of ether oxygens (including phenoxy) is 2. The Balaban J connectivity index is 1.14. The van der Waals surface area contributed by atoms with Crippen molar-refractivity contribution in [2.75, 3.05) is 33.0 Å². The monoisotopic (exact) mass is 398 g/mol. The molecular weight excluding hydrogens is 376 g/mol. The lowest BCUT2D eigenvalue weighted by atomic mass is 10.1. The van der Waals surface area contributed by atoms with Gasteiger partial charge in [-0.25, -0.2) is 0 Å². The van der Waals surface area contributed by atoms with Gasteiger partial charge in [-0.2, -0.15) is 0 Å². The van der Waals surface area contributed by atoms with Gasteiger partial charge >= 0.3 is 0 Å². The van der Waals surface area contributed by atoms with E-state index in [1.807, 2.05) is 45.5 Å². The molecule has 0 bridgehead atoms. The van der Waals surface area contributed by atoms with Crippen molar-refractivity contribution in [2.45, 2.75) is 18.8 Å². The Labute approximate surface area is 167 Å². The number of carbonyl (C=O) groups excluding carboxylic acids is 2. The van der Waals surface area contributed by atoms with Crippen molar-refractivity contribution in [1.29, 1.82) is 0 Å². The van der Waals surface area contributed by atoms with Crippen LogP contribution in [0.4, 0.5) is 0 Å². The molecule has 28 heavy (non-hydrogen) atoms. The summed E-state index contributed by atoms with van der Waals surface area (Å²) in [5.41, 5.74) is 1.15. The first-order chi connectivity index (χ1) is 13.7. The normalized spacial score (nSPS) is 23.0. The second-order valence-corrected chi connectivity index (χ2v) is 8.56. The van der Waals surface area contributed by atoms with E-state index in [1.165, 1.54) is 0 Å². The molecule has 1 saturated heterocycles. The molecular formula is C21H22N2O4S. The average Bonchev–Trinajstić information content (AvgIpc) is 3.11. The highest BCUT2D eigenvalue weighted by atomic mass is 32.1. The van der Waals surface area contributed by atoms with Gasteiger partial charge in [0.1, 0.15) is 0 Å². The molecule has 1 aromatic heterocycles. The molecule has 3 aliphatic rings. The summed E-state index contributed by atoms with van der Waals surface area (Å²) in [5, 5.41) is 1.99. The van der Waals surface area contributed by atoms with Crippen LogP contribution in [0, 0.1) is 5.92 Å². The van der Waals surface area contributed by atoms with Crippen LogP contribution in [0.1, 0.15) is 22.8 Å². The number of amides is 2. The molecule has 2 atom stereocenters. The fourth-order valence-electron chi connectivity index (χ4n) is 4.06. The predicted molar refractivity (Wildman–Crippen MR) is 105 cm³/mol. The van der Waals surface area contributed by atoms with Gasteiger partial charge < -0.3 is 19.3 Å². The summed E-state index contributed by atoms with van der Waals surface area (Å²) in [4.78, 5) is 30.2. The lowest BCUT2D eigenvalue weighted by Gasteiger charge is -2.35. The zero-order valence-corrected chi connectivity index (χ0v) is 16.3. The first-order valence-corrected chi connectivity index (χ1v) is 10.6. The number of thiophene rings is 1. The minimum Gasteiger partial charge on any atom is -0.454 e. The van der Waals surface area contributed by atoms with Crippen LogP contribution in [0.5, 0.6) is 11.5 Å². The highest BCUT2D eigenvalue weighted by molar-refractivity contribution is 7.10. The summed E-state index contributed by atoms with van der Waals surface area (Å²) in [5.74, 6) is 2.23. The minimum absolute atomic E-state index is 0.0498. The molecule has 1 saturated carbocycles. The van der Waals surface area contributed by atoms with Gasteiger partial charge in [0, 0.05) is 37.0 Å². The molecule has 1 aromatic carbocycles. The van der Waals surface area contributed by atoms with Gasteiger partial charge in [0.15, 0.2) is 11.5 Å². The van der Waals surface area contributed by atoms with E-state index in [9.17, 15) is 9.59 Å². The molecule has 2 fully saturated rings. The summed E-state index contributed by atoms with van der Waals surface area (Å²) >= 11 is 1.61. The SMILES string of the molecule is O=C(Cc1cccs1)N1CCN(C(=O)[C@@H]2C[C@@H]2c2ccc3c(c2)OCO3)CC1. The van der Waals surface area contributed by atoms with Crippen LogP contribution in [0.2, 0.25) is 0 Å². The predicted octanol–water partition coefficient (Wildman–Crippen LogP) is 2.49. The first kappa shape index (κ1) is 17.6. The van der Waals surface area contributed by atoms with Gasteiger partial charge in [0.2, 0.25) is 18.6 Å². The number of carbonyl (C=O) groups is 2. The van der Waals surface area contributed by atoms with E-state index < -0.39 is 0 Å². The van der Waals surface area contributed by atoms with E-state index in [2.05, 4.69) is 0 Å². The number of hydrogen-bond donors (Lipinski definition) is 0. The number of hydrogen-bond acceptors (Lipinski definition) is 5. The fraction of sp³-hybridized carbons (Fsp3) is 0.429. The van der Waals surface area contributed by atoms with E-state index in [4.69, 9.17) is 9.47 Å². The van der Waals surface area contributed by atoms with Crippen LogP contribution in [0.15, 0.2) is 35.7 Å². The zero-order valence-electron chi connectivity index (χ0n) is 15.5. The zero-order chi connectivity index (χ0) is 19.1. The minimum atomic E-state index is 0.0498. The fourth-order valence-corrected chi connectivity index (χ4v) is 4.76. The van der Waals surface area contributed by atoms with Crippen molar-refractivity contribution in [1.82, 2.24) is 9.80 Å². The number of rotatable bonds is 4. The van der Waals surface area contributed by atoms with Crippen molar-refractivity contribution >= 4 is 23.2 Å². The molecule has 0 N–H and O–H groups in total. The van der Waals surface area contributed by atoms with Crippen molar-refractivity contribution in [3.8, 4) is 11.5 Å². The van der Waals surface area contributed by atoms with Gasteiger partial charge in [0.05, 0.1) is 6.42 Å². The lowest BCUT2D eigenvalue weighted by molar-refractivity contribution is -0.140. The molecule has 2 aromatic rings. The van der Waals surface area contributed by atoms with Gasteiger partial charge in [-0.3, -0.25) is 9.59 Å². The van der Waals surface area contributed by atoms with Gasteiger partial charge in [-0.05, 0) is 41.5 Å². The Bertz CT molecular complexity index is 890. The maximum absolute atomic E-state index is 12.9. The van der Waals surface area contributed by atoms with E-state index in [0.29, 0.717) is 32.6 Å². The highest BCUT2D eigenvalue weighted by Gasteiger charge is 2.46. The van der Waals surface area contributed by atoms with Crippen molar-refractivity contribution in [3.05, 3.63) is 46.2 Å². The maximum atomic E-state index is 12.9. The molecule has 7 heteroatoms. The van der Waals surface area contributed by atoms with Crippen molar-refractivity contribution < 1.29 is 19.1 Å². The number of nitrogens with zero attached hydrogens (tertiary/aromatic N) is 2. The van der Waals surface area contributed by atoms with Crippen LogP contribution in [-0.4, -0.2) is 54.6 Å². The summed E-state index contributed by atoms with van der Waals surface area (Å²) in [6.45, 7) is 2.76. The Morgan fingerprint density at radius 2 is 1.82 bits per heavy atom. The third-order valence-electron chi connectivity index (χ3n) is 5.78. The average molecular weight is 398 g/mol. The smallest absolute Gasteiger partial charge is 0.231 e. The first-order valence-electron chi connectivity index (χ1n) is 9.67. The maximum Gasteiger partial charge on any atom is 0.231 e. The molecule has 0 radical (unpaired) electrons. The molecule has 5 rings (SSSR count). The highest BCUT2D eigenvalue weighted by Crippen LogP contribution is 2.50. The largest absolute Gasteiger partial charge is 0.454 e. The number of fused-ring (bicyclic) bond motifs is 1. The van der Waals surface area contributed by atoms with Crippen LogP contribution in [-0.2, 0) is 16.0 Å². The van der Waals surface area contributed by atoms with Gasteiger partial charge in [-0.1, -0.05) is 12.1 Å². The van der Waals surface area contributed by atoms with Crippen LogP contribution in [0.25, 0.3) is 0 Å². The Hall–Kier alpha value is -2.54. The molecule has 0 unspecified atom stereocenters. The Kier molecular flexibility index (Phi) is 4.47. The lowest BCUT2D eigenvalue weighted by Crippen LogP contribution is -2.51. The van der Waals surface area contributed by atoms with Gasteiger partial charge in [0.25, 0.3) is 0 Å². The Morgan fingerprint density at radius 1 is 1.04 bits per heavy atom. The van der Waals surface area contributed by atoms with E-state index in [1.54, 1.807) is 11.3 Å². The summed E-state index contributed by atoms with van der Waals surface area (Å²) in [6.07, 6.45) is 1.34. The second-order valence-electron chi connectivity index (χ2n) is 7.52. The van der Waals surface area contributed by atoms with Crippen LogP contribution < -0.4 is 9.47 Å². The van der Waals surface area contributed by atoms with Gasteiger partial charge in [-0.15, -0.1) is 11.3 Å². The van der Waals surface area contributed by atoms with E-state index >= 15 is 0 Å². The molecule has 0 spiro atoms. The molecule has 2 aliphatic heterocycles. The summed E-state index contributed by atoms with van der Waals surface area (Å²) < 4.78 is 10.8. The molecule has 146 valence electrons.